The van der Waals surface area contributed by atoms with Gasteiger partial charge in [-0.15, -0.1) is 0 Å². The molecule has 0 bridgehead atoms. The second-order valence-corrected chi connectivity index (χ2v) is 8.74. The van der Waals surface area contributed by atoms with Crippen molar-refractivity contribution in [2.24, 2.45) is 0 Å². The Labute approximate surface area is 221 Å². The number of alkyl halides is 3. The van der Waals surface area contributed by atoms with Crippen molar-refractivity contribution in [3.8, 4) is 16.8 Å². The van der Waals surface area contributed by atoms with Crippen LogP contribution in [-0.2, 0) is 17.5 Å². The summed E-state index contributed by atoms with van der Waals surface area (Å²) >= 11 is 0. The van der Waals surface area contributed by atoms with Crippen LogP contribution in [0.1, 0.15) is 33.4 Å². The molecule has 1 unspecified atom stereocenters. The van der Waals surface area contributed by atoms with Gasteiger partial charge in [0.25, 0.3) is 0 Å². The van der Waals surface area contributed by atoms with E-state index in [-0.39, 0.29) is 17.8 Å². The predicted molar refractivity (Wildman–Crippen MR) is 139 cm³/mol. The van der Waals surface area contributed by atoms with Crippen LogP contribution in [0.4, 0.5) is 13.2 Å². The number of aliphatic hydroxyl groups is 1. The number of benzene rings is 3. The molecule has 10 heteroatoms. The van der Waals surface area contributed by atoms with E-state index in [1.54, 1.807) is 48.8 Å². The average molecular weight is 533 g/mol. The Kier molecular flexibility index (Phi) is 7.14. The quantitative estimate of drug-likeness (QED) is 0.207. The van der Waals surface area contributed by atoms with Gasteiger partial charge in [0.05, 0.1) is 24.6 Å². The second-order valence-electron chi connectivity index (χ2n) is 8.74. The van der Waals surface area contributed by atoms with E-state index >= 15 is 0 Å². The molecule has 2 aromatic heterocycles. The number of methoxy groups -OCH3 is 1. The summed E-state index contributed by atoms with van der Waals surface area (Å²) in [6.45, 7) is 0.0552. The Morgan fingerprint density at radius 3 is 2.56 bits per heavy atom. The Morgan fingerprint density at radius 2 is 1.82 bits per heavy atom. The SMILES string of the molecule is COC(=O)c1cccc(-c2ccc(CNC(O)c3cnn(-c4ccccc4)c3C(F)(F)F)c3cnccc23)c1. The van der Waals surface area contributed by atoms with E-state index in [1.807, 2.05) is 24.3 Å². The third-order valence-corrected chi connectivity index (χ3v) is 6.35. The Hall–Kier alpha value is -4.54. The molecule has 39 heavy (non-hydrogen) atoms. The number of carbonyl (C=O) groups excluding carboxylic acids is 1. The molecule has 0 spiro atoms. The zero-order valence-electron chi connectivity index (χ0n) is 20.7. The molecule has 0 aliphatic carbocycles. The van der Waals surface area contributed by atoms with Crippen molar-refractivity contribution in [2.45, 2.75) is 18.9 Å². The topological polar surface area (TPSA) is 89.3 Å². The molecule has 5 aromatic rings. The highest BCUT2D eigenvalue weighted by atomic mass is 19.4. The van der Waals surface area contributed by atoms with E-state index in [4.69, 9.17) is 4.74 Å². The number of carbonyl (C=O) groups is 1. The van der Waals surface area contributed by atoms with Crippen LogP contribution in [0.5, 0.6) is 0 Å². The van der Waals surface area contributed by atoms with Gasteiger partial charge in [-0.3, -0.25) is 10.3 Å². The van der Waals surface area contributed by atoms with Crippen LogP contribution in [-0.4, -0.2) is 33.0 Å². The van der Waals surface area contributed by atoms with E-state index in [0.29, 0.717) is 11.1 Å². The molecule has 2 heterocycles. The van der Waals surface area contributed by atoms with Crippen LogP contribution in [0.15, 0.2) is 91.4 Å². The number of ether oxygens (including phenoxy) is 1. The highest BCUT2D eigenvalue weighted by molar-refractivity contribution is 5.99. The summed E-state index contributed by atoms with van der Waals surface area (Å²) < 4.78 is 47.7. The number of esters is 1. The lowest BCUT2D eigenvalue weighted by molar-refractivity contribution is -0.144. The smallest absolute Gasteiger partial charge is 0.433 e. The first-order valence-corrected chi connectivity index (χ1v) is 11.9. The first-order valence-electron chi connectivity index (χ1n) is 11.9. The van der Waals surface area contributed by atoms with Gasteiger partial charge in [-0.05, 0) is 52.4 Å². The number of nitrogens with one attached hydrogen (secondary N) is 1. The van der Waals surface area contributed by atoms with Crippen LogP contribution < -0.4 is 5.32 Å². The monoisotopic (exact) mass is 532 g/mol. The fraction of sp³-hybridized carbons (Fsp3) is 0.138. The number of nitrogens with zero attached hydrogens (tertiary/aromatic N) is 3. The largest absolute Gasteiger partial charge is 0.465 e. The summed E-state index contributed by atoms with van der Waals surface area (Å²) in [5.41, 5.74) is 1.54. The van der Waals surface area contributed by atoms with Crippen molar-refractivity contribution in [3.63, 3.8) is 0 Å². The van der Waals surface area contributed by atoms with Crippen LogP contribution in [0.3, 0.4) is 0 Å². The van der Waals surface area contributed by atoms with Gasteiger partial charge in [-0.2, -0.15) is 18.3 Å². The first-order chi connectivity index (χ1) is 18.8. The molecule has 0 fully saturated rings. The number of para-hydroxylation sites is 1. The Balaban J connectivity index is 1.45. The van der Waals surface area contributed by atoms with Gasteiger partial charge in [-0.25, -0.2) is 9.48 Å². The van der Waals surface area contributed by atoms with Gasteiger partial charge in [-0.1, -0.05) is 42.5 Å². The number of rotatable bonds is 7. The summed E-state index contributed by atoms with van der Waals surface area (Å²) in [6.07, 6.45) is -2.08. The Bertz CT molecular complexity index is 1630. The van der Waals surface area contributed by atoms with Crippen molar-refractivity contribution in [1.82, 2.24) is 20.1 Å². The van der Waals surface area contributed by atoms with Crippen molar-refractivity contribution < 1.29 is 27.8 Å². The number of hydrogen-bond acceptors (Lipinski definition) is 6. The summed E-state index contributed by atoms with van der Waals surface area (Å²) in [7, 11) is 1.32. The lowest BCUT2D eigenvalue weighted by atomic mass is 9.95. The van der Waals surface area contributed by atoms with Crippen molar-refractivity contribution in [2.75, 3.05) is 7.11 Å². The maximum Gasteiger partial charge on any atom is 0.433 e. The van der Waals surface area contributed by atoms with Crippen molar-refractivity contribution >= 4 is 16.7 Å². The van der Waals surface area contributed by atoms with Gasteiger partial charge in [0.2, 0.25) is 0 Å². The maximum absolute atomic E-state index is 14.0. The van der Waals surface area contributed by atoms with Gasteiger partial charge < -0.3 is 9.84 Å². The molecule has 0 amide bonds. The van der Waals surface area contributed by atoms with Crippen molar-refractivity contribution in [1.29, 1.82) is 0 Å². The highest BCUT2D eigenvalue weighted by Gasteiger charge is 2.40. The standard InChI is InChI=1S/C29H23F3N4O3/c1-39-28(38)19-7-5-6-18(14-19)22-11-10-20(24-16-33-13-12-23(22)24)15-34-27(37)25-17-35-36(26(25)29(30,31)32)21-8-3-2-4-9-21/h2-14,16-17,27,34,37H,15H2,1H3. The molecule has 1 atom stereocenters. The predicted octanol–water partition coefficient (Wildman–Crippen LogP) is 5.67. The minimum atomic E-state index is -4.75. The zero-order valence-corrected chi connectivity index (χ0v) is 20.7. The number of fused-ring (bicyclic) bond motifs is 1. The molecule has 0 aliphatic rings. The highest BCUT2D eigenvalue weighted by Crippen LogP contribution is 2.36. The molecule has 0 saturated heterocycles. The molecule has 2 N–H and O–H groups in total. The number of aliphatic hydroxyl groups excluding tert-OH is 1. The second kappa shape index (κ2) is 10.7. The summed E-state index contributed by atoms with van der Waals surface area (Å²) in [4.78, 5) is 16.2. The Morgan fingerprint density at radius 1 is 1.03 bits per heavy atom. The lowest BCUT2D eigenvalue weighted by Crippen LogP contribution is -2.24. The molecule has 0 radical (unpaired) electrons. The summed E-state index contributed by atoms with van der Waals surface area (Å²) in [5.74, 6) is -0.452. The van der Waals surface area contributed by atoms with E-state index in [9.17, 15) is 23.1 Å². The third-order valence-electron chi connectivity index (χ3n) is 6.35. The lowest BCUT2D eigenvalue weighted by Gasteiger charge is -2.18. The van der Waals surface area contributed by atoms with Crippen LogP contribution in [0.2, 0.25) is 0 Å². The molecule has 198 valence electrons. The number of halogens is 3. The summed E-state index contributed by atoms with van der Waals surface area (Å²) in [6, 6.07) is 20.4. The van der Waals surface area contributed by atoms with Gasteiger partial charge >= 0.3 is 12.1 Å². The van der Waals surface area contributed by atoms with Crippen molar-refractivity contribution in [3.05, 3.63) is 114 Å². The summed E-state index contributed by atoms with van der Waals surface area (Å²) in [5, 5.41) is 19.0. The van der Waals surface area contributed by atoms with E-state index < -0.39 is 24.1 Å². The molecular formula is C29H23F3N4O3. The molecule has 0 aliphatic heterocycles. The number of aromatic nitrogens is 3. The van der Waals surface area contributed by atoms with Gasteiger partial charge in [0.1, 0.15) is 6.23 Å². The fourth-order valence-corrected chi connectivity index (χ4v) is 4.51. The number of hydrogen-bond donors (Lipinski definition) is 2. The normalized spacial score (nSPS) is 12.4. The molecular weight excluding hydrogens is 509 g/mol. The van der Waals surface area contributed by atoms with Gasteiger partial charge in [0.15, 0.2) is 5.69 Å². The van der Waals surface area contributed by atoms with Crippen LogP contribution in [0.25, 0.3) is 27.6 Å². The van der Waals surface area contributed by atoms with E-state index in [0.717, 1.165) is 32.8 Å². The van der Waals surface area contributed by atoms with Crippen LogP contribution >= 0.6 is 0 Å². The molecule has 7 nitrogen and oxygen atoms in total. The molecule has 0 saturated carbocycles. The van der Waals surface area contributed by atoms with E-state index in [2.05, 4.69) is 15.4 Å². The average Bonchev–Trinajstić information content (AvgIpc) is 3.42. The van der Waals surface area contributed by atoms with Gasteiger partial charge in [0, 0.05) is 29.9 Å². The first kappa shape index (κ1) is 26.1. The third kappa shape index (κ3) is 5.25. The fourth-order valence-electron chi connectivity index (χ4n) is 4.51. The minimum Gasteiger partial charge on any atom is -0.465 e. The zero-order chi connectivity index (χ0) is 27.6. The number of pyridine rings is 1. The molecule has 3 aromatic carbocycles. The maximum atomic E-state index is 14.0. The van der Waals surface area contributed by atoms with E-state index in [1.165, 1.54) is 19.2 Å². The minimum absolute atomic E-state index is 0.0552. The van der Waals surface area contributed by atoms with Crippen LogP contribution in [0, 0.1) is 0 Å². The molecule has 5 rings (SSSR count).